The maximum atomic E-state index is 3.95. The van der Waals surface area contributed by atoms with E-state index in [1.807, 2.05) is 14.1 Å². The maximum Gasteiger partial charge on any atom is 0.0109 e. The van der Waals surface area contributed by atoms with Gasteiger partial charge in [0.15, 0.2) is 0 Å². The zero-order chi connectivity index (χ0) is 7.65. The van der Waals surface area contributed by atoms with Crippen molar-refractivity contribution in [3.63, 3.8) is 0 Å². The Kier molecular flexibility index (Phi) is 2.30. The highest BCUT2D eigenvalue weighted by Gasteiger charge is 2.15. The van der Waals surface area contributed by atoms with Gasteiger partial charge in [-0.3, -0.25) is 0 Å². The van der Waals surface area contributed by atoms with E-state index in [-0.39, 0.29) is 5.41 Å². The number of allylic oxidation sites excluding steroid dienone is 1. The van der Waals surface area contributed by atoms with Crippen LogP contribution in [0.1, 0.15) is 20.8 Å². The molecule has 0 aliphatic rings. The molecule has 0 atom stereocenters. The van der Waals surface area contributed by atoms with Crippen LogP contribution in [0.25, 0.3) is 0 Å². The van der Waals surface area contributed by atoms with Gasteiger partial charge >= 0.3 is 0 Å². The molecular formula is C8H17N. The molecule has 9 heavy (non-hydrogen) atoms. The van der Waals surface area contributed by atoms with Gasteiger partial charge in [-0.2, -0.15) is 0 Å². The number of hydrogen-bond donors (Lipinski definition) is 0. The summed E-state index contributed by atoms with van der Waals surface area (Å²) in [4.78, 5) is 2.06. The number of hydrogen-bond acceptors (Lipinski definition) is 1. The molecule has 0 heterocycles. The van der Waals surface area contributed by atoms with E-state index in [0.717, 1.165) is 0 Å². The van der Waals surface area contributed by atoms with Gasteiger partial charge in [-0.05, 0) is 0 Å². The van der Waals surface area contributed by atoms with Gasteiger partial charge < -0.3 is 4.90 Å². The van der Waals surface area contributed by atoms with Gasteiger partial charge in [0.05, 0.1) is 0 Å². The third-order valence-electron chi connectivity index (χ3n) is 1.41. The molecule has 0 amide bonds. The molecule has 0 saturated heterocycles. The van der Waals surface area contributed by atoms with Crippen molar-refractivity contribution in [2.45, 2.75) is 20.8 Å². The Morgan fingerprint density at radius 2 is 1.56 bits per heavy atom. The van der Waals surface area contributed by atoms with Crippen LogP contribution >= 0.6 is 0 Å². The molecule has 0 bridgehead atoms. The molecule has 0 unspecified atom stereocenters. The average Bonchev–Trinajstić information content (AvgIpc) is 1.62. The summed E-state index contributed by atoms with van der Waals surface area (Å²) in [6.45, 7) is 10.4. The summed E-state index contributed by atoms with van der Waals surface area (Å²) in [6, 6.07) is 0. The van der Waals surface area contributed by atoms with Gasteiger partial charge in [0, 0.05) is 25.2 Å². The Labute approximate surface area is 58.4 Å². The fourth-order valence-electron chi connectivity index (χ4n) is 0.671. The normalized spacial score (nSPS) is 11.2. The minimum absolute atomic E-state index is 0.212. The Morgan fingerprint density at radius 3 is 1.56 bits per heavy atom. The SMILES string of the molecule is C=C(N(C)C)C(C)(C)C. The zero-order valence-electron chi connectivity index (χ0n) is 7.15. The van der Waals surface area contributed by atoms with Gasteiger partial charge in [-0.25, -0.2) is 0 Å². The summed E-state index contributed by atoms with van der Waals surface area (Å²) in [7, 11) is 4.04. The molecular weight excluding hydrogens is 110 g/mol. The first-order valence-electron chi connectivity index (χ1n) is 3.22. The Morgan fingerprint density at radius 1 is 1.22 bits per heavy atom. The van der Waals surface area contributed by atoms with Crippen molar-refractivity contribution in [1.29, 1.82) is 0 Å². The quantitative estimate of drug-likeness (QED) is 0.521. The molecule has 0 fully saturated rings. The first kappa shape index (κ1) is 8.54. The van der Waals surface area contributed by atoms with Crippen molar-refractivity contribution >= 4 is 0 Å². The summed E-state index contributed by atoms with van der Waals surface area (Å²) in [5.41, 5.74) is 1.38. The molecule has 54 valence electrons. The molecule has 0 aromatic heterocycles. The molecule has 0 N–H and O–H groups in total. The van der Waals surface area contributed by atoms with Crippen LogP contribution in [0.2, 0.25) is 0 Å². The minimum atomic E-state index is 0.212. The highest BCUT2D eigenvalue weighted by atomic mass is 15.1. The molecule has 0 aliphatic carbocycles. The summed E-state index contributed by atoms with van der Waals surface area (Å²) in [6.07, 6.45) is 0. The summed E-state index contributed by atoms with van der Waals surface area (Å²) >= 11 is 0. The average molecular weight is 127 g/mol. The molecule has 0 radical (unpaired) electrons. The van der Waals surface area contributed by atoms with Crippen LogP contribution in [-0.4, -0.2) is 19.0 Å². The molecule has 0 aromatic rings. The van der Waals surface area contributed by atoms with E-state index in [1.54, 1.807) is 0 Å². The van der Waals surface area contributed by atoms with Crippen molar-refractivity contribution in [2.24, 2.45) is 5.41 Å². The minimum Gasteiger partial charge on any atom is -0.381 e. The van der Waals surface area contributed by atoms with Crippen LogP contribution in [0.15, 0.2) is 12.3 Å². The van der Waals surface area contributed by atoms with Crippen LogP contribution in [-0.2, 0) is 0 Å². The lowest BCUT2D eigenvalue weighted by Crippen LogP contribution is -2.22. The molecule has 1 heteroatoms. The second-order valence-corrected chi connectivity index (χ2v) is 3.59. The molecule has 0 aromatic carbocycles. The van der Waals surface area contributed by atoms with Gasteiger partial charge in [-0.15, -0.1) is 0 Å². The van der Waals surface area contributed by atoms with Crippen LogP contribution < -0.4 is 0 Å². The predicted molar refractivity (Wildman–Crippen MR) is 42.3 cm³/mol. The standard InChI is InChI=1S/C8H17N/c1-7(9(5)6)8(2,3)4/h1H2,2-6H3. The topological polar surface area (TPSA) is 3.24 Å². The highest BCUT2D eigenvalue weighted by molar-refractivity contribution is 5.01. The van der Waals surface area contributed by atoms with Crippen molar-refractivity contribution in [2.75, 3.05) is 14.1 Å². The fourth-order valence-corrected chi connectivity index (χ4v) is 0.671. The van der Waals surface area contributed by atoms with E-state index in [1.165, 1.54) is 5.70 Å². The van der Waals surface area contributed by atoms with E-state index in [9.17, 15) is 0 Å². The van der Waals surface area contributed by atoms with Gasteiger partial charge in [0.1, 0.15) is 0 Å². The Bertz CT molecular complexity index is 106. The van der Waals surface area contributed by atoms with Crippen LogP contribution in [0.3, 0.4) is 0 Å². The lowest BCUT2D eigenvalue weighted by Gasteiger charge is -2.27. The fraction of sp³-hybridized carbons (Fsp3) is 0.750. The first-order chi connectivity index (χ1) is 3.85. The van der Waals surface area contributed by atoms with Gasteiger partial charge in [0.25, 0.3) is 0 Å². The van der Waals surface area contributed by atoms with E-state index in [2.05, 4.69) is 32.3 Å². The zero-order valence-corrected chi connectivity index (χ0v) is 7.15. The second-order valence-electron chi connectivity index (χ2n) is 3.59. The number of nitrogens with zero attached hydrogens (tertiary/aromatic N) is 1. The van der Waals surface area contributed by atoms with Crippen molar-refractivity contribution in [3.8, 4) is 0 Å². The molecule has 1 nitrogen and oxygen atoms in total. The first-order valence-corrected chi connectivity index (χ1v) is 3.22. The third-order valence-corrected chi connectivity index (χ3v) is 1.41. The van der Waals surface area contributed by atoms with Crippen LogP contribution in [0, 0.1) is 5.41 Å². The molecule has 0 aliphatic heterocycles. The monoisotopic (exact) mass is 127 g/mol. The van der Waals surface area contributed by atoms with E-state index in [0.29, 0.717) is 0 Å². The molecule has 0 rings (SSSR count). The maximum absolute atomic E-state index is 3.95. The number of rotatable bonds is 1. The van der Waals surface area contributed by atoms with E-state index >= 15 is 0 Å². The third kappa shape index (κ3) is 2.54. The highest BCUT2D eigenvalue weighted by Crippen LogP contribution is 2.24. The smallest absolute Gasteiger partial charge is 0.0109 e. The van der Waals surface area contributed by atoms with Gasteiger partial charge in [-0.1, -0.05) is 27.4 Å². The van der Waals surface area contributed by atoms with Crippen molar-refractivity contribution in [1.82, 2.24) is 4.90 Å². The lowest BCUT2D eigenvalue weighted by molar-refractivity contribution is 0.355. The van der Waals surface area contributed by atoms with Crippen LogP contribution in [0.5, 0.6) is 0 Å². The summed E-state index contributed by atoms with van der Waals surface area (Å²) < 4.78 is 0. The largest absolute Gasteiger partial charge is 0.381 e. The Balaban J connectivity index is 4.06. The Hall–Kier alpha value is -0.460. The predicted octanol–water partition coefficient (Wildman–Crippen LogP) is 2.11. The second kappa shape index (κ2) is 2.42. The van der Waals surface area contributed by atoms with E-state index < -0.39 is 0 Å². The van der Waals surface area contributed by atoms with Crippen LogP contribution in [0.4, 0.5) is 0 Å². The van der Waals surface area contributed by atoms with Crippen molar-refractivity contribution in [3.05, 3.63) is 12.3 Å². The summed E-state index contributed by atoms with van der Waals surface area (Å²) in [5.74, 6) is 0. The lowest BCUT2D eigenvalue weighted by atomic mass is 9.92. The van der Waals surface area contributed by atoms with Gasteiger partial charge in [0.2, 0.25) is 0 Å². The summed E-state index contributed by atoms with van der Waals surface area (Å²) in [5, 5.41) is 0. The molecule has 0 spiro atoms. The molecule has 0 saturated carbocycles. The van der Waals surface area contributed by atoms with E-state index in [4.69, 9.17) is 0 Å². The van der Waals surface area contributed by atoms with Crippen molar-refractivity contribution < 1.29 is 0 Å².